The minimum Gasteiger partial charge on any atom is -0.493 e. The summed E-state index contributed by atoms with van der Waals surface area (Å²) >= 11 is 1.62. The molecule has 1 unspecified atom stereocenters. The van der Waals surface area contributed by atoms with Gasteiger partial charge >= 0.3 is 0 Å². The number of nitrogens with one attached hydrogen (secondary N) is 1. The first kappa shape index (κ1) is 17.7. The van der Waals surface area contributed by atoms with Crippen LogP contribution in [0.25, 0.3) is 0 Å². The summed E-state index contributed by atoms with van der Waals surface area (Å²) in [7, 11) is 3.22. The summed E-state index contributed by atoms with van der Waals surface area (Å²) in [5.41, 5.74) is 5.51. The van der Waals surface area contributed by atoms with Crippen LogP contribution in [0.2, 0.25) is 0 Å². The van der Waals surface area contributed by atoms with E-state index in [2.05, 4.69) is 5.32 Å². The van der Waals surface area contributed by atoms with Crippen molar-refractivity contribution in [2.24, 2.45) is 11.7 Å². The van der Waals surface area contributed by atoms with Crippen molar-refractivity contribution in [3.05, 3.63) is 18.2 Å². The first-order chi connectivity index (χ1) is 10.1. The number of ether oxygens (including phenoxy) is 2. The number of rotatable bonds is 9. The molecule has 0 saturated carbocycles. The van der Waals surface area contributed by atoms with Gasteiger partial charge < -0.3 is 20.5 Å². The van der Waals surface area contributed by atoms with Crippen molar-refractivity contribution in [1.82, 2.24) is 5.32 Å². The van der Waals surface area contributed by atoms with Crippen LogP contribution in [0.1, 0.15) is 13.3 Å². The summed E-state index contributed by atoms with van der Waals surface area (Å²) in [4.78, 5) is 12.7. The lowest BCUT2D eigenvalue weighted by atomic mass is 10.2. The van der Waals surface area contributed by atoms with E-state index in [1.54, 1.807) is 26.0 Å². The first-order valence-corrected chi connectivity index (χ1v) is 7.90. The summed E-state index contributed by atoms with van der Waals surface area (Å²) in [6.45, 7) is 3.23. The predicted octanol–water partition coefficient (Wildman–Crippen LogP) is 1.90. The molecule has 0 aromatic heterocycles. The molecule has 0 aliphatic heterocycles. The van der Waals surface area contributed by atoms with E-state index in [9.17, 15) is 4.79 Å². The molecule has 0 aliphatic rings. The fourth-order valence-corrected chi connectivity index (χ4v) is 2.51. The van der Waals surface area contributed by atoms with Crippen molar-refractivity contribution < 1.29 is 14.3 Å². The highest BCUT2D eigenvalue weighted by Gasteiger charge is 2.07. The second-order valence-electron chi connectivity index (χ2n) is 4.76. The lowest BCUT2D eigenvalue weighted by Gasteiger charge is -2.11. The van der Waals surface area contributed by atoms with Crippen LogP contribution in [-0.2, 0) is 4.79 Å². The average molecular weight is 312 g/mol. The molecule has 1 aromatic carbocycles. The van der Waals surface area contributed by atoms with Gasteiger partial charge in [0.1, 0.15) is 0 Å². The Balaban J connectivity index is 2.37. The van der Waals surface area contributed by atoms with Crippen molar-refractivity contribution in [1.29, 1.82) is 0 Å². The second kappa shape index (κ2) is 9.52. The van der Waals surface area contributed by atoms with Crippen LogP contribution in [0.15, 0.2) is 23.1 Å². The molecule has 5 nitrogen and oxygen atoms in total. The number of benzene rings is 1. The van der Waals surface area contributed by atoms with Gasteiger partial charge in [0.2, 0.25) is 5.91 Å². The molecule has 0 saturated heterocycles. The van der Waals surface area contributed by atoms with Crippen LogP contribution < -0.4 is 20.5 Å². The highest BCUT2D eigenvalue weighted by molar-refractivity contribution is 7.99. The van der Waals surface area contributed by atoms with Crippen LogP contribution in [0.4, 0.5) is 0 Å². The number of methoxy groups -OCH3 is 2. The van der Waals surface area contributed by atoms with E-state index in [-0.39, 0.29) is 5.91 Å². The van der Waals surface area contributed by atoms with E-state index in [4.69, 9.17) is 15.2 Å². The van der Waals surface area contributed by atoms with Crippen LogP contribution in [0.3, 0.4) is 0 Å². The summed E-state index contributed by atoms with van der Waals surface area (Å²) < 4.78 is 10.4. The Bertz CT molecular complexity index is 455. The third-order valence-electron chi connectivity index (χ3n) is 3.00. The van der Waals surface area contributed by atoms with E-state index in [1.807, 2.05) is 25.1 Å². The smallest absolute Gasteiger partial charge is 0.220 e. The number of nitrogens with two attached hydrogens (primary N) is 1. The third kappa shape index (κ3) is 6.27. The Morgan fingerprint density at radius 2 is 2.05 bits per heavy atom. The number of carbonyl (C=O) groups excluding carboxylic acids is 1. The Kier molecular flexibility index (Phi) is 8.00. The standard InChI is InChI=1S/C15H24N2O3S/c1-11(9-16)10-17-15(18)6-7-21-12-4-5-13(19-2)14(8-12)20-3/h4-5,8,11H,6-7,9-10,16H2,1-3H3,(H,17,18). The summed E-state index contributed by atoms with van der Waals surface area (Å²) in [6.07, 6.45) is 0.482. The highest BCUT2D eigenvalue weighted by Crippen LogP contribution is 2.31. The molecule has 1 amide bonds. The second-order valence-corrected chi connectivity index (χ2v) is 5.93. The van der Waals surface area contributed by atoms with Gasteiger partial charge in [-0.3, -0.25) is 4.79 Å². The predicted molar refractivity (Wildman–Crippen MR) is 86.1 cm³/mol. The lowest BCUT2D eigenvalue weighted by Crippen LogP contribution is -2.31. The maximum Gasteiger partial charge on any atom is 0.220 e. The Labute approximate surface area is 130 Å². The zero-order chi connectivity index (χ0) is 15.7. The van der Waals surface area contributed by atoms with Crippen LogP contribution in [0.5, 0.6) is 11.5 Å². The van der Waals surface area contributed by atoms with Crippen LogP contribution >= 0.6 is 11.8 Å². The normalized spacial score (nSPS) is 11.8. The highest BCUT2D eigenvalue weighted by atomic mass is 32.2. The van der Waals surface area contributed by atoms with Gasteiger partial charge in [-0.1, -0.05) is 6.92 Å². The SMILES string of the molecule is COc1ccc(SCCC(=O)NCC(C)CN)cc1OC. The van der Waals surface area contributed by atoms with E-state index in [0.717, 1.165) is 10.6 Å². The number of amides is 1. The maximum atomic E-state index is 11.7. The molecule has 1 rings (SSSR count). The average Bonchev–Trinajstić information content (AvgIpc) is 2.52. The van der Waals surface area contributed by atoms with Gasteiger partial charge in [0.25, 0.3) is 0 Å². The van der Waals surface area contributed by atoms with Crippen molar-refractivity contribution in [3.8, 4) is 11.5 Å². The van der Waals surface area contributed by atoms with E-state index in [1.165, 1.54) is 0 Å². The monoisotopic (exact) mass is 312 g/mol. The molecular formula is C15H24N2O3S. The molecule has 1 atom stereocenters. The molecule has 0 aliphatic carbocycles. The van der Waals surface area contributed by atoms with E-state index in [0.29, 0.717) is 36.9 Å². The molecule has 0 radical (unpaired) electrons. The number of carbonyl (C=O) groups is 1. The minimum absolute atomic E-state index is 0.0586. The first-order valence-electron chi connectivity index (χ1n) is 6.92. The van der Waals surface area contributed by atoms with Crippen molar-refractivity contribution in [3.63, 3.8) is 0 Å². The maximum absolute atomic E-state index is 11.7. The van der Waals surface area contributed by atoms with Gasteiger partial charge in [-0.15, -0.1) is 11.8 Å². The molecule has 0 bridgehead atoms. The molecule has 3 N–H and O–H groups in total. The Hall–Kier alpha value is -1.40. The largest absolute Gasteiger partial charge is 0.493 e. The zero-order valence-corrected chi connectivity index (χ0v) is 13.7. The van der Waals surface area contributed by atoms with Gasteiger partial charge in [-0.05, 0) is 30.7 Å². The van der Waals surface area contributed by atoms with Crippen molar-refractivity contribution in [2.75, 3.05) is 33.1 Å². The molecule has 1 aromatic rings. The zero-order valence-electron chi connectivity index (χ0n) is 12.8. The molecule has 6 heteroatoms. The lowest BCUT2D eigenvalue weighted by molar-refractivity contribution is -0.120. The molecular weight excluding hydrogens is 288 g/mol. The molecule has 118 valence electrons. The van der Waals surface area contributed by atoms with Crippen LogP contribution in [-0.4, -0.2) is 39.0 Å². The van der Waals surface area contributed by atoms with Crippen molar-refractivity contribution in [2.45, 2.75) is 18.2 Å². The fourth-order valence-electron chi connectivity index (χ4n) is 1.63. The van der Waals surface area contributed by atoms with Gasteiger partial charge in [-0.2, -0.15) is 0 Å². The fraction of sp³-hybridized carbons (Fsp3) is 0.533. The molecule has 21 heavy (non-hydrogen) atoms. The van der Waals surface area contributed by atoms with Gasteiger partial charge in [0.15, 0.2) is 11.5 Å². The molecule has 0 spiro atoms. The van der Waals surface area contributed by atoms with Gasteiger partial charge in [0, 0.05) is 23.6 Å². The summed E-state index contributed by atoms with van der Waals surface area (Å²) in [5.74, 6) is 2.49. The minimum atomic E-state index is 0.0586. The Morgan fingerprint density at radius 3 is 2.67 bits per heavy atom. The number of hydrogen-bond donors (Lipinski definition) is 2. The van der Waals surface area contributed by atoms with E-state index >= 15 is 0 Å². The van der Waals surface area contributed by atoms with E-state index < -0.39 is 0 Å². The molecule has 0 fully saturated rings. The van der Waals surface area contributed by atoms with Gasteiger partial charge in [-0.25, -0.2) is 0 Å². The summed E-state index contributed by atoms with van der Waals surface area (Å²) in [5, 5.41) is 2.88. The van der Waals surface area contributed by atoms with Crippen LogP contribution in [0, 0.1) is 5.92 Å². The Morgan fingerprint density at radius 1 is 1.33 bits per heavy atom. The quantitative estimate of drug-likeness (QED) is 0.681. The summed E-state index contributed by atoms with van der Waals surface area (Å²) in [6, 6.07) is 5.74. The topological polar surface area (TPSA) is 73.6 Å². The number of hydrogen-bond acceptors (Lipinski definition) is 5. The van der Waals surface area contributed by atoms with Gasteiger partial charge in [0.05, 0.1) is 14.2 Å². The molecule has 0 heterocycles. The van der Waals surface area contributed by atoms with Crippen molar-refractivity contribution >= 4 is 17.7 Å². The number of thioether (sulfide) groups is 1. The third-order valence-corrected chi connectivity index (χ3v) is 4.00.